The topological polar surface area (TPSA) is 46.4 Å². The number of rotatable bonds is 4. The summed E-state index contributed by atoms with van der Waals surface area (Å²) >= 11 is 6.12. The van der Waals surface area contributed by atoms with E-state index < -0.39 is 0 Å². The lowest BCUT2D eigenvalue weighted by molar-refractivity contribution is -0.117. The molecule has 6 heteroatoms. The normalized spacial score (nSPS) is 12.6. The van der Waals surface area contributed by atoms with Crippen LogP contribution in [-0.2, 0) is 4.79 Å². The number of hydrogen-bond acceptors (Lipinski definition) is 2. The molecule has 4 nitrogen and oxygen atoms in total. The third-order valence-electron chi connectivity index (χ3n) is 3.64. The minimum absolute atomic E-state index is 0.236. The fourth-order valence-corrected chi connectivity index (χ4v) is 2.63. The van der Waals surface area contributed by atoms with Gasteiger partial charge in [-0.1, -0.05) is 29.8 Å². The van der Waals surface area contributed by atoms with E-state index in [9.17, 15) is 9.18 Å². The van der Waals surface area contributed by atoms with Gasteiger partial charge >= 0.3 is 0 Å². The van der Waals surface area contributed by atoms with E-state index >= 15 is 0 Å². The summed E-state index contributed by atoms with van der Waals surface area (Å²) in [4.78, 5) is 16.3. The molecule has 0 unspecified atom stereocenters. The Balaban J connectivity index is 1.73. The predicted molar refractivity (Wildman–Crippen MR) is 92.2 cm³/mol. The largest absolute Gasteiger partial charge is 0.346 e. The molecule has 2 heterocycles. The number of aromatic nitrogens is 2. The standard InChI is InChI=1S/C18H15ClFN3O/c1-12(13-5-7-14(20)8-6-13)21-17(24)10-9-15-18(19)22-16-4-2-3-11-23(15)16/h2-12H,1H3,(H,21,24)/b10-9+/t12-/m1/s1. The minimum atomic E-state index is -0.306. The van der Waals surface area contributed by atoms with E-state index in [1.807, 2.05) is 31.3 Å². The summed E-state index contributed by atoms with van der Waals surface area (Å²) in [6.07, 6.45) is 4.85. The number of carbonyl (C=O) groups is 1. The van der Waals surface area contributed by atoms with E-state index in [2.05, 4.69) is 10.3 Å². The highest BCUT2D eigenvalue weighted by Crippen LogP contribution is 2.19. The molecule has 3 aromatic rings. The van der Waals surface area contributed by atoms with Crippen LogP contribution >= 0.6 is 11.6 Å². The lowest BCUT2D eigenvalue weighted by atomic mass is 10.1. The molecule has 0 aliphatic heterocycles. The summed E-state index contributed by atoms with van der Waals surface area (Å²) < 4.78 is 14.7. The van der Waals surface area contributed by atoms with Crippen LogP contribution in [0.15, 0.2) is 54.7 Å². The third-order valence-corrected chi connectivity index (χ3v) is 3.92. The molecule has 2 aromatic heterocycles. The molecule has 0 radical (unpaired) electrons. The van der Waals surface area contributed by atoms with Crippen LogP contribution in [-0.4, -0.2) is 15.3 Å². The number of amides is 1. The first kappa shape index (κ1) is 16.2. The Morgan fingerprint density at radius 3 is 2.79 bits per heavy atom. The lowest BCUT2D eigenvalue weighted by Gasteiger charge is -2.12. The molecular weight excluding hydrogens is 329 g/mol. The Kier molecular flexibility index (Phi) is 4.62. The van der Waals surface area contributed by atoms with Crippen molar-refractivity contribution in [3.05, 3.63) is 77.0 Å². The maximum atomic E-state index is 12.9. The van der Waals surface area contributed by atoms with Gasteiger partial charge in [-0.2, -0.15) is 0 Å². The summed E-state index contributed by atoms with van der Waals surface area (Å²) in [7, 11) is 0. The predicted octanol–water partition coefficient (Wildman–Crippen LogP) is 4.02. The minimum Gasteiger partial charge on any atom is -0.346 e. The first-order chi connectivity index (χ1) is 11.5. The number of fused-ring (bicyclic) bond motifs is 1. The number of pyridine rings is 1. The molecule has 1 amide bonds. The summed E-state index contributed by atoms with van der Waals surface area (Å²) in [5.41, 5.74) is 2.17. The van der Waals surface area contributed by atoms with Gasteiger partial charge in [-0.15, -0.1) is 0 Å². The fourth-order valence-electron chi connectivity index (χ4n) is 2.39. The first-order valence-electron chi connectivity index (χ1n) is 7.41. The number of carbonyl (C=O) groups excluding carboxylic acids is 1. The molecule has 0 bridgehead atoms. The highest BCUT2D eigenvalue weighted by Gasteiger charge is 2.10. The van der Waals surface area contributed by atoms with E-state index in [-0.39, 0.29) is 17.8 Å². The van der Waals surface area contributed by atoms with Gasteiger partial charge in [0.25, 0.3) is 0 Å². The quantitative estimate of drug-likeness (QED) is 0.727. The van der Waals surface area contributed by atoms with Gasteiger partial charge in [0.1, 0.15) is 11.5 Å². The van der Waals surface area contributed by atoms with Crippen LogP contribution in [0.4, 0.5) is 4.39 Å². The van der Waals surface area contributed by atoms with Crippen molar-refractivity contribution in [3.8, 4) is 0 Å². The average molecular weight is 344 g/mol. The Morgan fingerprint density at radius 2 is 2.04 bits per heavy atom. The van der Waals surface area contributed by atoms with E-state index in [0.717, 1.165) is 5.56 Å². The molecule has 0 aliphatic carbocycles. The van der Waals surface area contributed by atoms with Crippen molar-refractivity contribution in [1.82, 2.24) is 14.7 Å². The zero-order valence-corrected chi connectivity index (χ0v) is 13.7. The van der Waals surface area contributed by atoms with Gasteiger partial charge in [0.2, 0.25) is 5.91 Å². The van der Waals surface area contributed by atoms with E-state index in [0.29, 0.717) is 16.5 Å². The number of halogens is 2. The van der Waals surface area contributed by atoms with Crippen LogP contribution in [0.5, 0.6) is 0 Å². The maximum absolute atomic E-state index is 12.9. The van der Waals surface area contributed by atoms with Gasteiger partial charge < -0.3 is 5.32 Å². The summed E-state index contributed by atoms with van der Waals surface area (Å²) in [6.45, 7) is 1.83. The average Bonchev–Trinajstić information content (AvgIpc) is 2.88. The maximum Gasteiger partial charge on any atom is 0.244 e. The van der Waals surface area contributed by atoms with Crippen molar-refractivity contribution in [2.75, 3.05) is 0 Å². The molecule has 0 saturated carbocycles. The molecule has 1 atom stereocenters. The molecule has 0 aliphatic rings. The zero-order valence-electron chi connectivity index (χ0n) is 12.9. The molecule has 24 heavy (non-hydrogen) atoms. The second-order valence-electron chi connectivity index (χ2n) is 5.33. The molecular formula is C18H15ClFN3O. The van der Waals surface area contributed by atoms with Crippen LogP contribution in [0.1, 0.15) is 24.2 Å². The van der Waals surface area contributed by atoms with E-state index in [4.69, 9.17) is 11.6 Å². The van der Waals surface area contributed by atoms with E-state index in [1.54, 1.807) is 22.6 Å². The number of imidazole rings is 1. The Labute approximate surface area is 143 Å². The third kappa shape index (κ3) is 3.46. The Bertz CT molecular complexity index is 902. The first-order valence-corrected chi connectivity index (χ1v) is 7.79. The number of nitrogens with zero attached hydrogens (tertiary/aromatic N) is 2. The lowest BCUT2D eigenvalue weighted by Crippen LogP contribution is -2.24. The Morgan fingerprint density at radius 1 is 1.29 bits per heavy atom. The number of hydrogen-bond donors (Lipinski definition) is 1. The van der Waals surface area contributed by atoms with Crippen molar-refractivity contribution in [2.24, 2.45) is 0 Å². The van der Waals surface area contributed by atoms with Crippen LogP contribution in [0.25, 0.3) is 11.7 Å². The Hall–Kier alpha value is -2.66. The van der Waals surface area contributed by atoms with Crippen molar-refractivity contribution in [1.29, 1.82) is 0 Å². The fraction of sp³-hybridized carbons (Fsp3) is 0.111. The van der Waals surface area contributed by atoms with Crippen molar-refractivity contribution in [2.45, 2.75) is 13.0 Å². The second kappa shape index (κ2) is 6.84. The van der Waals surface area contributed by atoms with Gasteiger partial charge in [-0.05, 0) is 42.8 Å². The summed E-state index contributed by atoms with van der Waals surface area (Å²) in [5, 5.41) is 3.16. The highest BCUT2D eigenvalue weighted by atomic mass is 35.5. The van der Waals surface area contributed by atoms with Crippen LogP contribution in [0, 0.1) is 5.82 Å². The van der Waals surface area contributed by atoms with Crippen LogP contribution in [0.2, 0.25) is 5.15 Å². The SMILES string of the molecule is C[C@@H](NC(=O)/C=C/c1c(Cl)nc2ccccn12)c1ccc(F)cc1. The molecule has 1 N–H and O–H groups in total. The summed E-state index contributed by atoms with van der Waals surface area (Å²) in [6, 6.07) is 11.3. The molecule has 0 saturated heterocycles. The van der Waals surface area contributed by atoms with Crippen LogP contribution in [0.3, 0.4) is 0 Å². The molecule has 1 aromatic carbocycles. The molecule has 3 rings (SSSR count). The summed E-state index contributed by atoms with van der Waals surface area (Å²) in [5.74, 6) is -0.576. The molecule has 0 spiro atoms. The highest BCUT2D eigenvalue weighted by molar-refractivity contribution is 6.31. The molecule has 122 valence electrons. The van der Waals surface area contributed by atoms with Gasteiger partial charge in [0.15, 0.2) is 5.15 Å². The zero-order chi connectivity index (χ0) is 17.1. The smallest absolute Gasteiger partial charge is 0.244 e. The number of benzene rings is 1. The second-order valence-corrected chi connectivity index (χ2v) is 5.69. The van der Waals surface area contributed by atoms with Crippen molar-refractivity contribution in [3.63, 3.8) is 0 Å². The van der Waals surface area contributed by atoms with Gasteiger partial charge in [0, 0.05) is 12.3 Å². The number of nitrogens with one attached hydrogen (secondary N) is 1. The molecule has 0 fully saturated rings. The van der Waals surface area contributed by atoms with Crippen molar-refractivity contribution >= 4 is 29.2 Å². The van der Waals surface area contributed by atoms with Crippen LogP contribution < -0.4 is 5.32 Å². The van der Waals surface area contributed by atoms with Gasteiger partial charge in [-0.3, -0.25) is 9.20 Å². The monoisotopic (exact) mass is 343 g/mol. The van der Waals surface area contributed by atoms with Crippen molar-refractivity contribution < 1.29 is 9.18 Å². The van der Waals surface area contributed by atoms with E-state index in [1.165, 1.54) is 18.2 Å². The van der Waals surface area contributed by atoms with Gasteiger partial charge in [-0.25, -0.2) is 9.37 Å². The van der Waals surface area contributed by atoms with Gasteiger partial charge in [0.05, 0.1) is 11.7 Å².